The normalized spacial score (nSPS) is 18.4. The molecule has 174 valence electrons. The van der Waals surface area contributed by atoms with Crippen LogP contribution in [-0.4, -0.2) is 50.4 Å². The van der Waals surface area contributed by atoms with Crippen LogP contribution in [0.4, 0.5) is 5.82 Å². The second-order valence-corrected chi connectivity index (χ2v) is 10.6. The largest absolute Gasteiger partial charge is 0.342 e. The molecule has 1 atom stereocenters. The van der Waals surface area contributed by atoms with Crippen LogP contribution in [0.25, 0.3) is 17.1 Å². The summed E-state index contributed by atoms with van der Waals surface area (Å²) >= 11 is 0. The Morgan fingerprint density at radius 2 is 1.97 bits per heavy atom. The first-order chi connectivity index (χ1) is 15.9. The van der Waals surface area contributed by atoms with Crippen molar-refractivity contribution in [2.45, 2.75) is 64.6 Å². The summed E-state index contributed by atoms with van der Waals surface area (Å²) in [6.45, 7) is 4.25. The predicted molar refractivity (Wildman–Crippen MR) is 124 cm³/mol. The molecule has 2 aliphatic rings. The number of aromatic nitrogens is 6. The fourth-order valence-corrected chi connectivity index (χ4v) is 5.41. The van der Waals surface area contributed by atoms with E-state index >= 15 is 0 Å². The van der Waals surface area contributed by atoms with Gasteiger partial charge in [0.1, 0.15) is 11.5 Å². The highest BCUT2D eigenvalue weighted by molar-refractivity contribution is 7.88. The van der Waals surface area contributed by atoms with Crippen molar-refractivity contribution in [1.82, 2.24) is 34.4 Å². The van der Waals surface area contributed by atoms with Crippen molar-refractivity contribution in [3.05, 3.63) is 41.9 Å². The lowest BCUT2D eigenvalue weighted by Gasteiger charge is -2.41. The number of anilines is 1. The van der Waals surface area contributed by atoms with E-state index in [9.17, 15) is 8.42 Å². The van der Waals surface area contributed by atoms with Crippen LogP contribution in [-0.2, 0) is 16.6 Å². The van der Waals surface area contributed by atoms with E-state index in [-0.39, 0.29) is 12.6 Å². The molecular weight excluding hydrogens is 440 g/mol. The van der Waals surface area contributed by atoms with Crippen LogP contribution in [0.15, 0.2) is 24.7 Å². The average molecular weight is 469 g/mol. The zero-order chi connectivity index (χ0) is 23.2. The lowest BCUT2D eigenvalue weighted by atomic mass is 10.0. The van der Waals surface area contributed by atoms with Crippen LogP contribution in [0, 0.1) is 6.92 Å². The summed E-state index contributed by atoms with van der Waals surface area (Å²) < 4.78 is 27.9. The van der Waals surface area contributed by atoms with Gasteiger partial charge in [-0.05, 0) is 37.8 Å². The third-order valence-corrected chi connectivity index (χ3v) is 7.16. The fourth-order valence-electron chi connectivity index (χ4n) is 4.99. The number of sulfonamides is 1. The SMILES string of the molecule is CCC1c2nnc(C)n2-c2cnc(-c3ccncc3CNS(C)(=O)=O)nc2N1C1CCCC1. The molecule has 0 amide bonds. The van der Waals surface area contributed by atoms with Crippen molar-refractivity contribution in [2.24, 2.45) is 0 Å². The number of nitrogens with zero attached hydrogens (tertiary/aromatic N) is 7. The number of hydrogen-bond donors (Lipinski definition) is 1. The van der Waals surface area contributed by atoms with Crippen LogP contribution in [0.5, 0.6) is 0 Å². The Morgan fingerprint density at radius 1 is 1.18 bits per heavy atom. The maximum absolute atomic E-state index is 11.6. The molecule has 10 nitrogen and oxygen atoms in total. The number of pyridine rings is 1. The molecule has 1 aliphatic carbocycles. The second-order valence-electron chi connectivity index (χ2n) is 8.74. The van der Waals surface area contributed by atoms with E-state index in [1.54, 1.807) is 12.4 Å². The number of aryl methyl sites for hydroxylation is 1. The Kier molecular flexibility index (Phi) is 5.61. The van der Waals surface area contributed by atoms with Gasteiger partial charge >= 0.3 is 0 Å². The molecule has 33 heavy (non-hydrogen) atoms. The molecule has 0 bridgehead atoms. The first-order valence-corrected chi connectivity index (χ1v) is 13.2. The molecule has 0 aromatic carbocycles. The number of rotatable bonds is 6. The third kappa shape index (κ3) is 3.99. The molecular formula is C22H28N8O2S. The van der Waals surface area contributed by atoms with Gasteiger partial charge in [-0.2, -0.15) is 0 Å². The van der Waals surface area contributed by atoms with Gasteiger partial charge in [0, 0.05) is 30.5 Å². The molecule has 4 heterocycles. The van der Waals surface area contributed by atoms with Gasteiger partial charge in [0.25, 0.3) is 0 Å². The average Bonchev–Trinajstić information content (AvgIpc) is 3.46. The molecule has 1 aliphatic heterocycles. The van der Waals surface area contributed by atoms with E-state index in [2.05, 4.69) is 41.3 Å². The lowest BCUT2D eigenvalue weighted by molar-refractivity contribution is 0.468. The maximum Gasteiger partial charge on any atom is 0.209 e. The molecule has 0 spiro atoms. The fraction of sp³-hybridized carbons (Fsp3) is 0.500. The monoisotopic (exact) mass is 468 g/mol. The molecule has 0 radical (unpaired) electrons. The van der Waals surface area contributed by atoms with Gasteiger partial charge in [0.05, 0.1) is 18.5 Å². The Morgan fingerprint density at radius 3 is 2.70 bits per heavy atom. The van der Waals surface area contributed by atoms with Crippen LogP contribution >= 0.6 is 0 Å². The summed E-state index contributed by atoms with van der Waals surface area (Å²) in [5.41, 5.74) is 2.37. The van der Waals surface area contributed by atoms with E-state index in [1.807, 2.05) is 19.2 Å². The smallest absolute Gasteiger partial charge is 0.209 e. The van der Waals surface area contributed by atoms with Crippen molar-refractivity contribution >= 4 is 15.8 Å². The van der Waals surface area contributed by atoms with E-state index in [0.29, 0.717) is 11.9 Å². The molecule has 3 aromatic rings. The van der Waals surface area contributed by atoms with E-state index in [1.165, 1.54) is 12.8 Å². The Labute approximate surface area is 193 Å². The van der Waals surface area contributed by atoms with E-state index in [4.69, 9.17) is 4.98 Å². The summed E-state index contributed by atoms with van der Waals surface area (Å²) in [5.74, 6) is 3.18. The Hall–Kier alpha value is -2.92. The topological polar surface area (TPSA) is 119 Å². The minimum atomic E-state index is -3.34. The quantitative estimate of drug-likeness (QED) is 0.586. The van der Waals surface area contributed by atoms with Gasteiger partial charge in [-0.25, -0.2) is 23.1 Å². The minimum Gasteiger partial charge on any atom is -0.342 e. The van der Waals surface area contributed by atoms with Gasteiger partial charge in [-0.3, -0.25) is 9.55 Å². The summed E-state index contributed by atoms with van der Waals surface area (Å²) in [7, 11) is -3.34. The Balaban J connectivity index is 1.64. The first kappa shape index (κ1) is 21.9. The van der Waals surface area contributed by atoms with Gasteiger partial charge in [-0.15, -0.1) is 10.2 Å². The van der Waals surface area contributed by atoms with E-state index < -0.39 is 10.0 Å². The molecule has 5 rings (SSSR count). The third-order valence-electron chi connectivity index (χ3n) is 6.49. The molecule has 0 saturated heterocycles. The summed E-state index contributed by atoms with van der Waals surface area (Å²) in [5, 5.41) is 8.87. The number of nitrogens with one attached hydrogen (secondary N) is 1. The lowest BCUT2D eigenvalue weighted by Crippen LogP contribution is -2.42. The first-order valence-electron chi connectivity index (χ1n) is 11.3. The van der Waals surface area contributed by atoms with Crippen molar-refractivity contribution in [1.29, 1.82) is 0 Å². The second kappa shape index (κ2) is 8.45. The van der Waals surface area contributed by atoms with Crippen molar-refractivity contribution in [2.75, 3.05) is 11.2 Å². The summed E-state index contributed by atoms with van der Waals surface area (Å²) in [4.78, 5) is 16.3. The van der Waals surface area contributed by atoms with Crippen molar-refractivity contribution in [3.63, 3.8) is 0 Å². The highest BCUT2D eigenvalue weighted by Gasteiger charge is 2.39. The van der Waals surface area contributed by atoms with Gasteiger partial charge in [-0.1, -0.05) is 19.8 Å². The zero-order valence-corrected chi connectivity index (χ0v) is 19.9. The van der Waals surface area contributed by atoms with Crippen molar-refractivity contribution in [3.8, 4) is 17.1 Å². The van der Waals surface area contributed by atoms with Crippen LogP contribution in [0.2, 0.25) is 0 Å². The van der Waals surface area contributed by atoms with Crippen LogP contribution in [0.1, 0.15) is 62.3 Å². The predicted octanol–water partition coefficient (Wildman–Crippen LogP) is 2.69. The maximum atomic E-state index is 11.6. The number of fused-ring (bicyclic) bond motifs is 3. The summed E-state index contributed by atoms with van der Waals surface area (Å²) in [6, 6.07) is 2.32. The molecule has 11 heteroatoms. The zero-order valence-electron chi connectivity index (χ0n) is 19.1. The van der Waals surface area contributed by atoms with Gasteiger partial charge in [0.2, 0.25) is 10.0 Å². The molecule has 1 unspecified atom stereocenters. The minimum absolute atomic E-state index is 0.0911. The molecule has 3 aromatic heterocycles. The van der Waals surface area contributed by atoms with Crippen LogP contribution < -0.4 is 9.62 Å². The van der Waals surface area contributed by atoms with Gasteiger partial charge < -0.3 is 4.90 Å². The highest BCUT2D eigenvalue weighted by Crippen LogP contribution is 2.43. The van der Waals surface area contributed by atoms with Crippen LogP contribution in [0.3, 0.4) is 0 Å². The van der Waals surface area contributed by atoms with E-state index in [0.717, 1.165) is 59.8 Å². The molecule has 1 saturated carbocycles. The standard InChI is InChI=1S/C22H28N8O2S/c1-4-18-22-28-27-14(2)29(22)19-13-24-20(26-21(19)30(18)16-7-5-6-8-16)17-9-10-23-11-15(17)12-25-33(3,31)32/h9-11,13,16,18,25H,4-8,12H2,1-3H3. The molecule has 1 N–H and O–H groups in total. The number of hydrogen-bond acceptors (Lipinski definition) is 8. The van der Waals surface area contributed by atoms with Gasteiger partial charge in [0.15, 0.2) is 17.5 Å². The highest BCUT2D eigenvalue weighted by atomic mass is 32.2. The Bertz CT molecular complexity index is 1280. The molecule has 1 fully saturated rings. The summed E-state index contributed by atoms with van der Waals surface area (Å²) in [6.07, 6.45) is 11.9. The van der Waals surface area contributed by atoms with Crippen molar-refractivity contribution < 1.29 is 8.42 Å².